The van der Waals surface area contributed by atoms with E-state index in [0.717, 1.165) is 0 Å². The van der Waals surface area contributed by atoms with Crippen molar-refractivity contribution in [1.82, 2.24) is 25.5 Å². The summed E-state index contributed by atoms with van der Waals surface area (Å²) >= 11 is 1.21. The molecule has 112 valence electrons. The molecule has 1 atom stereocenters. The van der Waals surface area contributed by atoms with Gasteiger partial charge in [-0.25, -0.2) is 4.79 Å². The van der Waals surface area contributed by atoms with Crippen LogP contribution in [0.4, 0.5) is 0 Å². The van der Waals surface area contributed by atoms with Gasteiger partial charge >= 0.3 is 5.97 Å². The fraction of sp³-hybridized carbons (Fsp3) is 0.417. The van der Waals surface area contributed by atoms with E-state index in [0.29, 0.717) is 17.0 Å². The van der Waals surface area contributed by atoms with Gasteiger partial charge in [0.15, 0.2) is 0 Å². The fourth-order valence-electron chi connectivity index (χ4n) is 1.84. The summed E-state index contributed by atoms with van der Waals surface area (Å²) in [6, 6.07) is 0.787. The highest BCUT2D eigenvalue weighted by Crippen LogP contribution is 2.20. The molecule has 0 saturated heterocycles. The molecule has 21 heavy (non-hydrogen) atoms. The topological polar surface area (TPSA) is 110 Å². The molecule has 2 aromatic heterocycles. The van der Waals surface area contributed by atoms with Gasteiger partial charge in [0.25, 0.3) is 5.91 Å². The van der Waals surface area contributed by atoms with Crippen LogP contribution < -0.4 is 5.32 Å². The van der Waals surface area contributed by atoms with E-state index in [-0.39, 0.29) is 5.92 Å². The van der Waals surface area contributed by atoms with Crippen LogP contribution >= 0.6 is 11.3 Å². The number of hydrogen-bond donors (Lipinski definition) is 2. The molecule has 0 bridgehead atoms. The molecular weight excluding hydrogens is 294 g/mol. The summed E-state index contributed by atoms with van der Waals surface area (Å²) in [5.41, 5.74) is 0.524. The first-order valence-electron chi connectivity index (χ1n) is 6.33. The van der Waals surface area contributed by atoms with Gasteiger partial charge in [0, 0.05) is 0 Å². The molecule has 0 aliphatic rings. The van der Waals surface area contributed by atoms with Crippen molar-refractivity contribution in [1.29, 1.82) is 0 Å². The Morgan fingerprint density at radius 3 is 2.81 bits per heavy atom. The predicted molar refractivity (Wildman–Crippen MR) is 75.4 cm³/mol. The second kappa shape index (κ2) is 6.44. The second-order valence-corrected chi connectivity index (χ2v) is 5.80. The SMILES string of the molecule is CC(C)CC(NC(=O)c1sccc1-n1cnnn1)C(=O)O. The highest BCUT2D eigenvalue weighted by molar-refractivity contribution is 7.12. The monoisotopic (exact) mass is 309 g/mol. The van der Waals surface area contributed by atoms with Gasteiger partial charge in [0.1, 0.15) is 17.2 Å². The van der Waals surface area contributed by atoms with Gasteiger partial charge < -0.3 is 10.4 Å². The smallest absolute Gasteiger partial charge is 0.326 e. The molecule has 0 aliphatic heterocycles. The molecule has 2 N–H and O–H groups in total. The minimum Gasteiger partial charge on any atom is -0.480 e. The van der Waals surface area contributed by atoms with Gasteiger partial charge in [-0.2, -0.15) is 4.68 Å². The third-order valence-corrected chi connectivity index (χ3v) is 3.66. The van der Waals surface area contributed by atoms with Gasteiger partial charge in [-0.3, -0.25) is 4.79 Å². The quantitative estimate of drug-likeness (QED) is 0.822. The Labute approximate surface area is 124 Å². The Morgan fingerprint density at radius 2 is 2.24 bits per heavy atom. The van der Waals surface area contributed by atoms with E-state index in [1.807, 2.05) is 13.8 Å². The van der Waals surface area contributed by atoms with E-state index >= 15 is 0 Å². The molecule has 2 rings (SSSR count). The van der Waals surface area contributed by atoms with Gasteiger partial charge in [-0.15, -0.1) is 16.4 Å². The third kappa shape index (κ3) is 3.63. The zero-order valence-electron chi connectivity index (χ0n) is 11.6. The first-order valence-corrected chi connectivity index (χ1v) is 7.21. The number of carbonyl (C=O) groups is 2. The molecule has 0 radical (unpaired) electrons. The lowest BCUT2D eigenvalue weighted by Crippen LogP contribution is -2.41. The molecule has 0 aliphatic carbocycles. The third-order valence-electron chi connectivity index (χ3n) is 2.76. The minimum atomic E-state index is -1.04. The van der Waals surface area contributed by atoms with Crippen molar-refractivity contribution in [3.8, 4) is 5.69 Å². The van der Waals surface area contributed by atoms with Crippen molar-refractivity contribution in [3.05, 3.63) is 22.7 Å². The normalized spacial score (nSPS) is 12.3. The van der Waals surface area contributed by atoms with Gasteiger partial charge in [0.2, 0.25) is 0 Å². The van der Waals surface area contributed by atoms with Crippen LogP contribution in [0.2, 0.25) is 0 Å². The van der Waals surface area contributed by atoms with Crippen LogP contribution in [0.15, 0.2) is 17.8 Å². The molecule has 9 heteroatoms. The number of amides is 1. The van der Waals surface area contributed by atoms with E-state index in [1.54, 1.807) is 11.4 Å². The van der Waals surface area contributed by atoms with Crippen LogP contribution in [-0.4, -0.2) is 43.2 Å². The molecule has 0 spiro atoms. The molecule has 2 heterocycles. The van der Waals surface area contributed by atoms with E-state index < -0.39 is 17.9 Å². The summed E-state index contributed by atoms with van der Waals surface area (Å²) in [7, 11) is 0. The molecule has 1 amide bonds. The number of aromatic nitrogens is 4. The maximum Gasteiger partial charge on any atom is 0.326 e. The maximum absolute atomic E-state index is 12.3. The average molecular weight is 309 g/mol. The Bertz CT molecular complexity index is 623. The van der Waals surface area contributed by atoms with Crippen molar-refractivity contribution in [2.24, 2.45) is 5.92 Å². The maximum atomic E-state index is 12.3. The Kier molecular flexibility index (Phi) is 4.63. The number of carbonyl (C=O) groups excluding carboxylic acids is 1. The van der Waals surface area contributed by atoms with Crippen LogP contribution in [0.25, 0.3) is 5.69 Å². The van der Waals surface area contributed by atoms with Crippen LogP contribution in [-0.2, 0) is 4.79 Å². The summed E-state index contributed by atoms with van der Waals surface area (Å²) in [6.45, 7) is 3.81. The number of aliphatic carboxylic acids is 1. The van der Waals surface area contributed by atoms with Crippen molar-refractivity contribution in [3.63, 3.8) is 0 Å². The van der Waals surface area contributed by atoms with Crippen molar-refractivity contribution >= 4 is 23.2 Å². The van der Waals surface area contributed by atoms with Gasteiger partial charge in [-0.05, 0) is 34.2 Å². The van der Waals surface area contributed by atoms with Crippen molar-refractivity contribution in [2.45, 2.75) is 26.3 Å². The zero-order chi connectivity index (χ0) is 15.4. The van der Waals surface area contributed by atoms with Crippen molar-refractivity contribution < 1.29 is 14.7 Å². The van der Waals surface area contributed by atoms with Crippen LogP contribution in [0.3, 0.4) is 0 Å². The molecule has 1 unspecified atom stereocenters. The number of tetrazole rings is 1. The highest BCUT2D eigenvalue weighted by atomic mass is 32.1. The number of nitrogens with one attached hydrogen (secondary N) is 1. The second-order valence-electron chi connectivity index (χ2n) is 4.88. The lowest BCUT2D eigenvalue weighted by molar-refractivity contribution is -0.139. The summed E-state index contributed by atoms with van der Waals surface area (Å²) in [6.07, 6.45) is 1.74. The summed E-state index contributed by atoms with van der Waals surface area (Å²) in [4.78, 5) is 23.8. The Hall–Kier alpha value is -2.29. The van der Waals surface area contributed by atoms with Crippen LogP contribution in [0, 0.1) is 5.92 Å². The van der Waals surface area contributed by atoms with E-state index in [4.69, 9.17) is 0 Å². The van der Waals surface area contributed by atoms with Crippen LogP contribution in [0.1, 0.15) is 29.9 Å². The molecule has 0 aromatic carbocycles. The fourth-order valence-corrected chi connectivity index (χ4v) is 2.62. The summed E-state index contributed by atoms with van der Waals surface area (Å²) in [5, 5.41) is 24.2. The average Bonchev–Trinajstić information content (AvgIpc) is 3.07. The van der Waals surface area contributed by atoms with E-state index in [9.17, 15) is 14.7 Å². The van der Waals surface area contributed by atoms with E-state index in [2.05, 4.69) is 20.8 Å². The first kappa shape index (κ1) is 15.1. The summed E-state index contributed by atoms with van der Waals surface area (Å²) < 4.78 is 1.36. The molecule has 2 aromatic rings. The summed E-state index contributed by atoms with van der Waals surface area (Å²) in [5.74, 6) is -1.32. The lowest BCUT2D eigenvalue weighted by Gasteiger charge is -2.16. The zero-order valence-corrected chi connectivity index (χ0v) is 12.4. The minimum absolute atomic E-state index is 0.161. The number of nitrogens with zero attached hydrogens (tertiary/aromatic N) is 4. The Balaban J connectivity index is 2.17. The molecule has 0 saturated carbocycles. The molecule has 8 nitrogen and oxygen atoms in total. The Morgan fingerprint density at radius 1 is 1.48 bits per heavy atom. The van der Waals surface area contributed by atoms with Crippen LogP contribution in [0.5, 0.6) is 0 Å². The first-order chi connectivity index (χ1) is 9.99. The standard InChI is InChI=1S/C12H15N5O3S/c1-7(2)5-8(12(19)20)14-11(18)10-9(3-4-21-10)17-6-13-15-16-17/h3-4,6-8H,5H2,1-2H3,(H,14,18)(H,19,20). The van der Waals surface area contributed by atoms with E-state index in [1.165, 1.54) is 22.3 Å². The van der Waals surface area contributed by atoms with Gasteiger partial charge in [0.05, 0.1) is 5.69 Å². The highest BCUT2D eigenvalue weighted by Gasteiger charge is 2.24. The number of carboxylic acid groups (broad SMARTS) is 1. The number of carboxylic acids is 1. The molecule has 0 fully saturated rings. The van der Waals surface area contributed by atoms with Gasteiger partial charge in [-0.1, -0.05) is 13.8 Å². The largest absolute Gasteiger partial charge is 0.480 e. The lowest BCUT2D eigenvalue weighted by atomic mass is 10.0. The molecular formula is C12H15N5O3S. The van der Waals surface area contributed by atoms with Crippen molar-refractivity contribution in [2.75, 3.05) is 0 Å². The predicted octanol–water partition coefficient (Wildman–Crippen LogP) is 0.953. The number of hydrogen-bond acceptors (Lipinski definition) is 6. The number of rotatable bonds is 6. The number of thiophene rings is 1.